The van der Waals surface area contributed by atoms with E-state index in [0.717, 1.165) is 5.56 Å². The van der Waals surface area contributed by atoms with Crippen molar-refractivity contribution in [2.75, 3.05) is 13.2 Å². The Morgan fingerprint density at radius 3 is 2.50 bits per heavy atom. The van der Waals surface area contributed by atoms with Crippen molar-refractivity contribution in [1.29, 1.82) is 0 Å². The Morgan fingerprint density at radius 2 is 1.79 bits per heavy atom. The molecule has 3 aromatic rings. The Bertz CT molecular complexity index is 873. The molecule has 1 aromatic heterocycles. The molecule has 1 aliphatic heterocycles. The second-order valence-electron chi connectivity index (χ2n) is 6.74. The minimum Gasteiger partial charge on any atom is -0.346 e. The lowest BCUT2D eigenvalue weighted by molar-refractivity contribution is -0.0445. The highest BCUT2D eigenvalue weighted by Gasteiger charge is 2.20. The van der Waals surface area contributed by atoms with Crippen molar-refractivity contribution in [3.63, 3.8) is 0 Å². The monoisotopic (exact) mass is 321 g/mol. The van der Waals surface area contributed by atoms with Gasteiger partial charge in [-0.15, -0.1) is 0 Å². The number of para-hydroxylation sites is 1. The van der Waals surface area contributed by atoms with Gasteiger partial charge in [0.15, 0.2) is 6.29 Å². The first-order chi connectivity index (χ1) is 11.6. The van der Waals surface area contributed by atoms with Crippen molar-refractivity contribution in [3.8, 4) is 5.69 Å². The van der Waals surface area contributed by atoms with Gasteiger partial charge in [0.05, 0.1) is 18.7 Å². The maximum atomic E-state index is 5.64. The van der Waals surface area contributed by atoms with Gasteiger partial charge in [-0.3, -0.25) is 0 Å². The highest BCUT2D eigenvalue weighted by molar-refractivity contribution is 5.86. The summed E-state index contributed by atoms with van der Waals surface area (Å²) in [4.78, 5) is 0. The van der Waals surface area contributed by atoms with E-state index in [9.17, 15) is 0 Å². The van der Waals surface area contributed by atoms with Crippen LogP contribution in [0.1, 0.15) is 42.7 Å². The van der Waals surface area contributed by atoms with Crippen molar-refractivity contribution in [2.45, 2.75) is 33.0 Å². The third-order valence-corrected chi connectivity index (χ3v) is 4.77. The third kappa shape index (κ3) is 2.54. The fourth-order valence-corrected chi connectivity index (χ4v) is 3.49. The predicted octanol–water partition coefficient (Wildman–Crippen LogP) is 5.11. The standard InChI is InChI=1S/C21H23NO2/c1-14(2)19-13-22(20-7-5-4-6-18(19)20)16-8-9-17(15(3)12-16)21-23-10-11-24-21/h4-9,12-14,21H,10-11H2,1-3H3. The topological polar surface area (TPSA) is 23.4 Å². The van der Waals surface area contributed by atoms with Gasteiger partial charge in [-0.1, -0.05) is 38.1 Å². The molecule has 1 saturated heterocycles. The van der Waals surface area contributed by atoms with E-state index in [4.69, 9.17) is 9.47 Å². The maximum absolute atomic E-state index is 5.64. The first-order valence-electron chi connectivity index (χ1n) is 8.59. The number of hydrogen-bond donors (Lipinski definition) is 0. The van der Waals surface area contributed by atoms with E-state index in [1.54, 1.807) is 0 Å². The van der Waals surface area contributed by atoms with Gasteiger partial charge in [0.25, 0.3) is 0 Å². The number of aromatic nitrogens is 1. The summed E-state index contributed by atoms with van der Waals surface area (Å²) in [6.07, 6.45) is 2.05. The van der Waals surface area contributed by atoms with Gasteiger partial charge in [0.1, 0.15) is 0 Å². The van der Waals surface area contributed by atoms with Crippen molar-refractivity contribution < 1.29 is 9.47 Å². The summed E-state index contributed by atoms with van der Waals surface area (Å²) in [5.74, 6) is 0.497. The molecule has 0 saturated carbocycles. The van der Waals surface area contributed by atoms with E-state index in [-0.39, 0.29) is 6.29 Å². The van der Waals surface area contributed by atoms with Gasteiger partial charge in [-0.05, 0) is 42.2 Å². The number of nitrogens with zero attached hydrogens (tertiary/aromatic N) is 1. The number of ether oxygens (including phenoxy) is 2. The predicted molar refractivity (Wildman–Crippen MR) is 96.7 cm³/mol. The Labute approximate surface area is 142 Å². The zero-order valence-electron chi connectivity index (χ0n) is 14.5. The van der Waals surface area contributed by atoms with Crippen LogP contribution in [0, 0.1) is 6.92 Å². The van der Waals surface area contributed by atoms with Crippen molar-refractivity contribution in [3.05, 3.63) is 65.4 Å². The molecule has 3 nitrogen and oxygen atoms in total. The lowest BCUT2D eigenvalue weighted by Gasteiger charge is -2.14. The number of hydrogen-bond acceptors (Lipinski definition) is 2. The summed E-state index contributed by atoms with van der Waals surface area (Å²) in [5.41, 5.74) is 6.13. The fourth-order valence-electron chi connectivity index (χ4n) is 3.49. The second-order valence-corrected chi connectivity index (χ2v) is 6.74. The van der Waals surface area contributed by atoms with Crippen LogP contribution in [0.4, 0.5) is 0 Å². The highest BCUT2D eigenvalue weighted by atomic mass is 16.7. The lowest BCUT2D eigenvalue weighted by atomic mass is 10.0. The third-order valence-electron chi connectivity index (χ3n) is 4.77. The van der Waals surface area contributed by atoms with Gasteiger partial charge in [0.2, 0.25) is 0 Å². The van der Waals surface area contributed by atoms with E-state index in [1.165, 1.54) is 27.7 Å². The number of aryl methyl sites for hydroxylation is 1. The summed E-state index contributed by atoms with van der Waals surface area (Å²) < 4.78 is 13.6. The normalized spacial score (nSPS) is 15.7. The van der Waals surface area contributed by atoms with Gasteiger partial charge in [-0.2, -0.15) is 0 Å². The molecule has 1 fully saturated rings. The van der Waals surface area contributed by atoms with Gasteiger partial charge >= 0.3 is 0 Å². The van der Waals surface area contributed by atoms with Crippen LogP contribution in [0.5, 0.6) is 0 Å². The Balaban J connectivity index is 1.81. The molecule has 0 unspecified atom stereocenters. The molecular formula is C21H23NO2. The maximum Gasteiger partial charge on any atom is 0.184 e. The smallest absolute Gasteiger partial charge is 0.184 e. The van der Waals surface area contributed by atoms with Crippen LogP contribution in [-0.2, 0) is 9.47 Å². The molecule has 3 heteroatoms. The van der Waals surface area contributed by atoms with Gasteiger partial charge < -0.3 is 14.0 Å². The molecule has 4 rings (SSSR count). The second kappa shape index (κ2) is 6.08. The van der Waals surface area contributed by atoms with Crippen LogP contribution in [-0.4, -0.2) is 17.8 Å². The number of rotatable bonds is 3. The molecule has 124 valence electrons. The van der Waals surface area contributed by atoms with Crippen LogP contribution in [0.2, 0.25) is 0 Å². The van der Waals surface area contributed by atoms with E-state index in [0.29, 0.717) is 19.1 Å². The Morgan fingerprint density at radius 1 is 1.04 bits per heavy atom. The van der Waals surface area contributed by atoms with E-state index in [1.807, 2.05) is 0 Å². The summed E-state index contributed by atoms with van der Waals surface area (Å²) >= 11 is 0. The molecule has 24 heavy (non-hydrogen) atoms. The molecule has 0 N–H and O–H groups in total. The molecule has 1 aliphatic rings. The van der Waals surface area contributed by atoms with E-state index < -0.39 is 0 Å². The summed E-state index contributed by atoms with van der Waals surface area (Å²) in [6.45, 7) is 7.96. The van der Waals surface area contributed by atoms with Crippen molar-refractivity contribution in [2.24, 2.45) is 0 Å². The van der Waals surface area contributed by atoms with Crippen molar-refractivity contribution in [1.82, 2.24) is 4.57 Å². The largest absolute Gasteiger partial charge is 0.346 e. The summed E-state index contributed by atoms with van der Waals surface area (Å²) in [7, 11) is 0. The van der Waals surface area contributed by atoms with E-state index in [2.05, 4.69) is 74.0 Å². The fraction of sp³-hybridized carbons (Fsp3) is 0.333. The molecule has 2 aromatic carbocycles. The van der Waals surface area contributed by atoms with Crippen LogP contribution in [0.25, 0.3) is 16.6 Å². The van der Waals surface area contributed by atoms with Crippen LogP contribution in [0.15, 0.2) is 48.7 Å². The minimum absolute atomic E-state index is 0.216. The number of benzene rings is 2. The molecular weight excluding hydrogens is 298 g/mol. The molecule has 0 atom stereocenters. The minimum atomic E-state index is -0.216. The average Bonchev–Trinajstić information content (AvgIpc) is 3.22. The Hall–Kier alpha value is -2.10. The quantitative estimate of drug-likeness (QED) is 0.669. The SMILES string of the molecule is Cc1cc(-n2cc(C(C)C)c3ccccc32)ccc1C1OCCO1. The molecule has 0 spiro atoms. The highest BCUT2D eigenvalue weighted by Crippen LogP contribution is 2.32. The summed E-state index contributed by atoms with van der Waals surface area (Å²) in [6, 6.07) is 15.1. The molecule has 0 amide bonds. The zero-order chi connectivity index (χ0) is 16.7. The van der Waals surface area contributed by atoms with E-state index >= 15 is 0 Å². The number of fused-ring (bicyclic) bond motifs is 1. The van der Waals surface area contributed by atoms with Crippen LogP contribution >= 0.6 is 0 Å². The molecule has 0 radical (unpaired) electrons. The molecule has 0 bridgehead atoms. The first-order valence-corrected chi connectivity index (χ1v) is 8.59. The van der Waals surface area contributed by atoms with Crippen molar-refractivity contribution >= 4 is 10.9 Å². The van der Waals surface area contributed by atoms with Crippen LogP contribution < -0.4 is 0 Å². The first kappa shape index (κ1) is 15.4. The zero-order valence-corrected chi connectivity index (χ0v) is 14.5. The average molecular weight is 321 g/mol. The molecule has 2 heterocycles. The van der Waals surface area contributed by atoms with Gasteiger partial charge in [0, 0.05) is 22.8 Å². The van der Waals surface area contributed by atoms with Gasteiger partial charge in [-0.25, -0.2) is 0 Å². The van der Waals surface area contributed by atoms with Crippen LogP contribution in [0.3, 0.4) is 0 Å². The summed E-state index contributed by atoms with van der Waals surface area (Å²) in [5, 5.41) is 1.33. The molecule has 0 aliphatic carbocycles. The Kier molecular flexibility index (Phi) is 3.91. The lowest BCUT2D eigenvalue weighted by Crippen LogP contribution is -2.02.